The summed E-state index contributed by atoms with van der Waals surface area (Å²) < 4.78 is 12.0. The minimum absolute atomic E-state index is 0.0459. The monoisotopic (exact) mass is 496 g/mol. The van der Waals surface area contributed by atoms with Crippen molar-refractivity contribution in [1.82, 2.24) is 9.80 Å². The third-order valence-corrected chi connectivity index (χ3v) is 8.87. The van der Waals surface area contributed by atoms with E-state index in [1.54, 1.807) is 0 Å². The van der Waals surface area contributed by atoms with Gasteiger partial charge in [-0.05, 0) is 61.9 Å². The van der Waals surface area contributed by atoms with Crippen molar-refractivity contribution in [1.29, 1.82) is 0 Å². The van der Waals surface area contributed by atoms with Gasteiger partial charge in [0.15, 0.2) is 0 Å². The summed E-state index contributed by atoms with van der Waals surface area (Å²) in [4.78, 5) is 28.9. The van der Waals surface area contributed by atoms with Gasteiger partial charge >= 0.3 is 5.97 Å². The van der Waals surface area contributed by atoms with Gasteiger partial charge in [0, 0.05) is 42.5 Å². The Balaban J connectivity index is 1.30. The number of hydrogen-bond donors (Lipinski definition) is 0. The first-order valence-corrected chi connectivity index (χ1v) is 13.1. The Morgan fingerprint density at radius 3 is 2.78 bits per heavy atom. The van der Waals surface area contributed by atoms with Crippen molar-refractivity contribution < 1.29 is 19.1 Å². The Morgan fingerprint density at radius 1 is 1.19 bits per heavy atom. The van der Waals surface area contributed by atoms with Crippen LogP contribution in [-0.4, -0.2) is 60.0 Å². The fourth-order valence-corrected chi connectivity index (χ4v) is 7.51. The molecule has 0 N–H and O–H groups in total. The molecule has 2 aliphatic heterocycles. The Bertz CT molecular complexity index is 1330. The molecule has 5 atom stereocenters. The third kappa shape index (κ3) is 3.84. The first-order valence-electron chi connectivity index (χ1n) is 13.1. The number of benzene rings is 2. The van der Waals surface area contributed by atoms with Crippen LogP contribution in [0.5, 0.6) is 5.75 Å². The number of likely N-dealkylation sites (N-methyl/N-ethyl adjacent to an activating group) is 1. The van der Waals surface area contributed by atoms with Crippen LogP contribution in [0.15, 0.2) is 60.9 Å². The van der Waals surface area contributed by atoms with Crippen LogP contribution in [0.2, 0.25) is 0 Å². The van der Waals surface area contributed by atoms with Crippen LogP contribution < -0.4 is 4.74 Å². The smallest absolute Gasteiger partial charge is 0.307 e. The summed E-state index contributed by atoms with van der Waals surface area (Å²) in [5.74, 6) is 7.25. The van der Waals surface area contributed by atoms with E-state index >= 15 is 0 Å². The molecule has 0 aromatic heterocycles. The van der Waals surface area contributed by atoms with E-state index in [1.165, 1.54) is 18.1 Å². The molecule has 2 heterocycles. The number of ether oxygens (including phenoxy) is 2. The van der Waals surface area contributed by atoms with E-state index in [0.717, 1.165) is 43.5 Å². The molecule has 6 rings (SSSR count). The normalized spacial score (nSPS) is 28.7. The number of hydrogen-bond acceptors (Lipinski definition) is 5. The van der Waals surface area contributed by atoms with Gasteiger partial charge in [-0.25, -0.2) is 0 Å². The first-order chi connectivity index (χ1) is 17.9. The molecule has 2 aromatic carbocycles. The van der Waals surface area contributed by atoms with Crippen molar-refractivity contribution in [2.75, 3.05) is 20.1 Å². The van der Waals surface area contributed by atoms with Crippen LogP contribution >= 0.6 is 0 Å². The topological polar surface area (TPSA) is 59.1 Å². The standard InChI is InChI=1S/C31H32N2O4/c1-20(36-21(2)34)19-33-17-16-31-24-13-14-25(32(3)28(35)15-12-22-8-5-4-6-9-22)30(31)37-27-11-7-10-23(29(27)31)18-26(24)33/h4-11,24-26,30H,1,13-14,16-19H2,2-3H3/t24-,25-,26+,30-,31-/m0/s1. The molecular weight excluding hydrogens is 464 g/mol. The lowest BCUT2D eigenvalue weighted by Crippen LogP contribution is -2.69. The van der Waals surface area contributed by atoms with Gasteiger partial charge in [0.1, 0.15) is 17.6 Å². The number of carbonyl (C=O) groups is 2. The van der Waals surface area contributed by atoms with Crippen LogP contribution in [0.4, 0.5) is 0 Å². The summed E-state index contributed by atoms with van der Waals surface area (Å²) in [6.07, 6.45) is 3.65. The highest BCUT2D eigenvalue weighted by molar-refractivity contribution is 5.94. The SMILES string of the molecule is C=C(CN1CC[C@]23c4c5cccc4O[C@H]2[C@@H](N(C)C(=O)C#Cc2ccccc2)CC[C@H]3[C@H]1C5)OC(C)=O. The summed E-state index contributed by atoms with van der Waals surface area (Å²) >= 11 is 0. The number of amides is 1. The minimum Gasteiger partial charge on any atom is -0.487 e. The van der Waals surface area contributed by atoms with Gasteiger partial charge in [-0.3, -0.25) is 14.5 Å². The van der Waals surface area contributed by atoms with E-state index < -0.39 is 0 Å². The summed E-state index contributed by atoms with van der Waals surface area (Å²) in [7, 11) is 1.87. The van der Waals surface area contributed by atoms with E-state index in [4.69, 9.17) is 9.47 Å². The van der Waals surface area contributed by atoms with E-state index in [1.807, 2.05) is 42.3 Å². The van der Waals surface area contributed by atoms with Gasteiger partial charge in [-0.2, -0.15) is 0 Å². The number of carbonyl (C=O) groups excluding carboxylic acids is 2. The zero-order valence-corrected chi connectivity index (χ0v) is 21.4. The number of likely N-dealkylation sites (tertiary alicyclic amines) is 1. The zero-order valence-electron chi connectivity index (χ0n) is 21.4. The lowest BCUT2D eigenvalue weighted by Gasteiger charge is -2.60. The molecule has 1 saturated heterocycles. The minimum atomic E-state index is -0.329. The van der Waals surface area contributed by atoms with Crippen molar-refractivity contribution >= 4 is 11.9 Å². The fraction of sp³-hybridized carbons (Fsp3) is 0.419. The fourth-order valence-electron chi connectivity index (χ4n) is 7.51. The summed E-state index contributed by atoms with van der Waals surface area (Å²) in [5.41, 5.74) is 3.40. The van der Waals surface area contributed by atoms with Crippen molar-refractivity contribution in [2.24, 2.45) is 5.92 Å². The molecule has 2 fully saturated rings. The van der Waals surface area contributed by atoms with Crippen molar-refractivity contribution in [3.05, 3.63) is 77.6 Å². The largest absolute Gasteiger partial charge is 0.487 e. The maximum absolute atomic E-state index is 13.2. The quantitative estimate of drug-likeness (QED) is 0.367. The average Bonchev–Trinajstić information content (AvgIpc) is 3.22. The Morgan fingerprint density at radius 2 is 2.00 bits per heavy atom. The number of esters is 1. The Labute approximate surface area is 218 Å². The van der Waals surface area contributed by atoms with Gasteiger partial charge in [0.25, 0.3) is 5.91 Å². The summed E-state index contributed by atoms with van der Waals surface area (Å²) in [6.45, 7) is 6.83. The van der Waals surface area contributed by atoms with Crippen LogP contribution in [0.3, 0.4) is 0 Å². The highest BCUT2D eigenvalue weighted by Gasteiger charge is 2.65. The molecule has 2 aliphatic carbocycles. The second-order valence-electron chi connectivity index (χ2n) is 10.8. The molecule has 6 heteroatoms. The van der Waals surface area contributed by atoms with Gasteiger partial charge in [-0.15, -0.1) is 0 Å². The molecule has 1 spiro atoms. The highest BCUT2D eigenvalue weighted by atomic mass is 16.5. The maximum Gasteiger partial charge on any atom is 0.307 e. The van der Waals surface area contributed by atoms with Crippen LogP contribution in [0.1, 0.15) is 42.9 Å². The van der Waals surface area contributed by atoms with Crippen LogP contribution in [0.25, 0.3) is 0 Å². The molecule has 1 amide bonds. The second-order valence-corrected chi connectivity index (χ2v) is 10.8. The molecule has 4 aliphatic rings. The van der Waals surface area contributed by atoms with Crippen molar-refractivity contribution in [2.45, 2.75) is 56.2 Å². The molecular formula is C31H32N2O4. The molecule has 2 bridgehead atoms. The van der Waals surface area contributed by atoms with E-state index in [-0.39, 0.29) is 29.4 Å². The van der Waals surface area contributed by atoms with E-state index in [2.05, 4.69) is 41.5 Å². The van der Waals surface area contributed by atoms with Gasteiger partial charge in [0.05, 0.1) is 12.6 Å². The molecule has 0 unspecified atom stereocenters. The molecule has 6 nitrogen and oxygen atoms in total. The summed E-state index contributed by atoms with van der Waals surface area (Å²) in [6, 6.07) is 16.3. The molecule has 37 heavy (non-hydrogen) atoms. The van der Waals surface area contributed by atoms with Crippen molar-refractivity contribution in [3.8, 4) is 17.6 Å². The maximum atomic E-state index is 13.2. The average molecular weight is 497 g/mol. The molecule has 0 radical (unpaired) electrons. The first kappa shape index (κ1) is 23.8. The molecule has 1 saturated carbocycles. The molecule has 2 aromatic rings. The lowest BCUT2D eigenvalue weighted by atomic mass is 9.51. The van der Waals surface area contributed by atoms with Crippen molar-refractivity contribution in [3.63, 3.8) is 0 Å². The number of piperidine rings is 1. The van der Waals surface area contributed by atoms with E-state index in [0.29, 0.717) is 24.3 Å². The third-order valence-electron chi connectivity index (χ3n) is 8.87. The second kappa shape index (κ2) is 9.08. The number of nitrogens with zero attached hydrogens (tertiary/aromatic N) is 2. The predicted octanol–water partition coefficient (Wildman–Crippen LogP) is 3.68. The van der Waals surface area contributed by atoms with Gasteiger partial charge < -0.3 is 14.4 Å². The molecule has 190 valence electrons. The van der Waals surface area contributed by atoms with Crippen LogP contribution in [0, 0.1) is 17.8 Å². The van der Waals surface area contributed by atoms with E-state index in [9.17, 15) is 9.59 Å². The summed E-state index contributed by atoms with van der Waals surface area (Å²) in [5, 5.41) is 0. The predicted molar refractivity (Wildman–Crippen MR) is 140 cm³/mol. The number of rotatable bonds is 4. The highest BCUT2D eigenvalue weighted by Crippen LogP contribution is 2.62. The Kier molecular flexibility index (Phi) is 5.84. The zero-order chi connectivity index (χ0) is 25.7. The van der Waals surface area contributed by atoms with Gasteiger partial charge in [-0.1, -0.05) is 42.8 Å². The van der Waals surface area contributed by atoms with Crippen LogP contribution in [-0.2, 0) is 26.2 Å². The van der Waals surface area contributed by atoms with Gasteiger partial charge in [0.2, 0.25) is 0 Å². The Hall–Kier alpha value is -3.56. The lowest BCUT2D eigenvalue weighted by molar-refractivity contribution is -0.139.